The highest BCUT2D eigenvalue weighted by Gasteiger charge is 2.09. The van der Waals surface area contributed by atoms with Crippen molar-refractivity contribution in [2.75, 3.05) is 5.32 Å². The molecule has 0 saturated heterocycles. The molecule has 0 bridgehead atoms. The Morgan fingerprint density at radius 1 is 0.958 bits per heavy atom. The van der Waals surface area contributed by atoms with E-state index in [-0.39, 0.29) is 0 Å². The average Bonchev–Trinajstić information content (AvgIpc) is 3.09. The fourth-order valence-electron chi connectivity index (χ4n) is 2.56. The van der Waals surface area contributed by atoms with Crippen molar-refractivity contribution in [1.82, 2.24) is 15.2 Å². The van der Waals surface area contributed by atoms with Crippen LogP contribution in [0.3, 0.4) is 0 Å². The first-order chi connectivity index (χ1) is 11.8. The van der Waals surface area contributed by atoms with E-state index >= 15 is 0 Å². The fourth-order valence-corrected chi connectivity index (χ4v) is 2.56. The molecule has 0 spiro atoms. The second kappa shape index (κ2) is 6.12. The molecule has 2 aromatic carbocycles. The largest absolute Gasteiger partial charge is 0.419 e. The van der Waals surface area contributed by atoms with E-state index in [9.17, 15) is 0 Å². The third-order valence-corrected chi connectivity index (χ3v) is 3.83. The van der Waals surface area contributed by atoms with Gasteiger partial charge in [-0.05, 0) is 31.2 Å². The lowest BCUT2D eigenvalue weighted by molar-refractivity contribution is 0.515. The van der Waals surface area contributed by atoms with E-state index in [2.05, 4.69) is 20.5 Å². The van der Waals surface area contributed by atoms with Crippen LogP contribution in [0.15, 0.2) is 65.2 Å². The van der Waals surface area contributed by atoms with Gasteiger partial charge in [-0.3, -0.25) is 4.98 Å². The maximum atomic E-state index is 5.74. The zero-order chi connectivity index (χ0) is 16.4. The lowest BCUT2D eigenvalue weighted by atomic mass is 10.1. The van der Waals surface area contributed by atoms with E-state index in [4.69, 9.17) is 4.42 Å². The minimum atomic E-state index is 0.453. The summed E-state index contributed by atoms with van der Waals surface area (Å²) in [5.41, 5.74) is 4.00. The third-order valence-electron chi connectivity index (χ3n) is 3.83. The van der Waals surface area contributed by atoms with E-state index in [1.54, 1.807) is 6.20 Å². The summed E-state index contributed by atoms with van der Waals surface area (Å²) in [6, 6.07) is 18.0. The van der Waals surface area contributed by atoms with Gasteiger partial charge in [-0.25, -0.2) is 0 Å². The summed E-state index contributed by atoms with van der Waals surface area (Å²) >= 11 is 0. The molecule has 0 saturated carbocycles. The smallest absolute Gasteiger partial charge is 0.247 e. The molecular formula is C19H16N4O. The summed E-state index contributed by atoms with van der Waals surface area (Å²) in [5, 5.41) is 12.6. The molecule has 0 amide bonds. The number of rotatable bonds is 4. The van der Waals surface area contributed by atoms with Crippen molar-refractivity contribution in [3.63, 3.8) is 0 Å². The molecule has 0 fully saturated rings. The van der Waals surface area contributed by atoms with Gasteiger partial charge in [0.2, 0.25) is 11.8 Å². The second-order valence-corrected chi connectivity index (χ2v) is 5.60. The highest BCUT2D eigenvalue weighted by molar-refractivity contribution is 5.90. The number of nitrogens with one attached hydrogen (secondary N) is 1. The van der Waals surface area contributed by atoms with Crippen LogP contribution in [0, 0.1) is 6.92 Å². The van der Waals surface area contributed by atoms with Gasteiger partial charge in [0.05, 0.1) is 17.7 Å². The topological polar surface area (TPSA) is 63.8 Å². The van der Waals surface area contributed by atoms with Crippen molar-refractivity contribution in [2.24, 2.45) is 0 Å². The number of hydrogen-bond donors (Lipinski definition) is 1. The van der Waals surface area contributed by atoms with Gasteiger partial charge in [-0.2, -0.15) is 0 Å². The maximum absolute atomic E-state index is 5.74. The van der Waals surface area contributed by atoms with Crippen molar-refractivity contribution in [3.8, 4) is 11.5 Å². The Morgan fingerprint density at radius 3 is 2.67 bits per heavy atom. The summed E-state index contributed by atoms with van der Waals surface area (Å²) in [5.74, 6) is 1.07. The number of para-hydroxylation sites is 1. The Labute approximate surface area is 139 Å². The van der Waals surface area contributed by atoms with Gasteiger partial charge in [0, 0.05) is 17.1 Å². The van der Waals surface area contributed by atoms with E-state index in [1.807, 2.05) is 61.5 Å². The van der Waals surface area contributed by atoms with Crippen molar-refractivity contribution >= 4 is 16.6 Å². The number of fused-ring (bicyclic) bond motifs is 1. The summed E-state index contributed by atoms with van der Waals surface area (Å²) in [4.78, 5) is 4.43. The SMILES string of the molecule is Cc1ccc(-c2nnc(CNc3cccc4cccnc34)o2)cc1. The minimum Gasteiger partial charge on any atom is -0.419 e. The first-order valence-electron chi connectivity index (χ1n) is 7.77. The van der Waals surface area contributed by atoms with E-state index in [0.29, 0.717) is 18.3 Å². The molecule has 5 nitrogen and oxygen atoms in total. The highest BCUT2D eigenvalue weighted by Crippen LogP contribution is 2.22. The Balaban J connectivity index is 1.53. The zero-order valence-corrected chi connectivity index (χ0v) is 13.2. The molecule has 5 heteroatoms. The van der Waals surface area contributed by atoms with Gasteiger partial charge in [0.15, 0.2) is 0 Å². The lowest BCUT2D eigenvalue weighted by Crippen LogP contribution is -2.00. The number of hydrogen-bond acceptors (Lipinski definition) is 5. The van der Waals surface area contributed by atoms with Crippen molar-refractivity contribution in [2.45, 2.75) is 13.5 Å². The molecule has 0 aliphatic rings. The lowest BCUT2D eigenvalue weighted by Gasteiger charge is -2.06. The highest BCUT2D eigenvalue weighted by atomic mass is 16.4. The first kappa shape index (κ1) is 14.4. The van der Waals surface area contributed by atoms with Crippen LogP contribution < -0.4 is 5.32 Å². The number of benzene rings is 2. The fraction of sp³-hybridized carbons (Fsp3) is 0.105. The van der Waals surface area contributed by atoms with Gasteiger partial charge in [0.25, 0.3) is 0 Å². The molecule has 0 aliphatic heterocycles. The summed E-state index contributed by atoms with van der Waals surface area (Å²) in [6.45, 7) is 2.50. The molecule has 24 heavy (non-hydrogen) atoms. The number of aryl methyl sites for hydroxylation is 1. The Kier molecular flexibility index (Phi) is 3.67. The molecule has 2 heterocycles. The van der Waals surface area contributed by atoms with E-state index in [1.165, 1.54) is 5.56 Å². The number of nitrogens with zero attached hydrogens (tertiary/aromatic N) is 3. The number of anilines is 1. The van der Waals surface area contributed by atoms with Crippen molar-refractivity contribution in [3.05, 3.63) is 72.2 Å². The van der Waals surface area contributed by atoms with Gasteiger partial charge < -0.3 is 9.73 Å². The molecule has 0 radical (unpaired) electrons. The summed E-state index contributed by atoms with van der Waals surface area (Å²) < 4.78 is 5.74. The summed E-state index contributed by atoms with van der Waals surface area (Å²) in [7, 11) is 0. The van der Waals surface area contributed by atoms with Crippen LogP contribution in [0.1, 0.15) is 11.5 Å². The van der Waals surface area contributed by atoms with Crippen LogP contribution in [0.4, 0.5) is 5.69 Å². The van der Waals surface area contributed by atoms with Gasteiger partial charge in [-0.15, -0.1) is 10.2 Å². The quantitative estimate of drug-likeness (QED) is 0.611. The number of pyridine rings is 1. The monoisotopic (exact) mass is 316 g/mol. The van der Waals surface area contributed by atoms with E-state index in [0.717, 1.165) is 22.2 Å². The average molecular weight is 316 g/mol. The van der Waals surface area contributed by atoms with Gasteiger partial charge >= 0.3 is 0 Å². The van der Waals surface area contributed by atoms with Gasteiger partial charge in [-0.1, -0.05) is 35.9 Å². The molecule has 4 aromatic rings. The molecule has 0 atom stereocenters. The molecule has 0 unspecified atom stereocenters. The molecule has 118 valence electrons. The minimum absolute atomic E-state index is 0.453. The first-order valence-corrected chi connectivity index (χ1v) is 7.77. The van der Waals surface area contributed by atoms with Crippen LogP contribution in [0.5, 0.6) is 0 Å². The Hall–Kier alpha value is -3.21. The molecular weight excluding hydrogens is 300 g/mol. The van der Waals surface area contributed by atoms with E-state index < -0.39 is 0 Å². The zero-order valence-electron chi connectivity index (χ0n) is 13.2. The number of aromatic nitrogens is 3. The van der Waals surface area contributed by atoms with Crippen LogP contribution in [-0.4, -0.2) is 15.2 Å². The normalized spacial score (nSPS) is 10.9. The Bertz CT molecular complexity index is 971. The second-order valence-electron chi connectivity index (χ2n) is 5.60. The Morgan fingerprint density at radius 2 is 1.79 bits per heavy atom. The predicted octanol–water partition coefficient (Wildman–Crippen LogP) is 4.21. The third kappa shape index (κ3) is 2.84. The molecule has 2 aromatic heterocycles. The van der Waals surface area contributed by atoms with Crippen molar-refractivity contribution < 1.29 is 4.42 Å². The maximum Gasteiger partial charge on any atom is 0.247 e. The molecule has 1 N–H and O–H groups in total. The molecule has 0 aliphatic carbocycles. The summed E-state index contributed by atoms with van der Waals surface area (Å²) in [6.07, 6.45) is 1.79. The standard InChI is InChI=1S/C19H16N4O/c1-13-7-9-15(10-8-13)19-23-22-17(24-19)12-21-16-6-2-4-14-5-3-11-20-18(14)16/h2-11,21H,12H2,1H3. The van der Waals surface area contributed by atoms with Crippen LogP contribution in [0.2, 0.25) is 0 Å². The van der Waals surface area contributed by atoms with Crippen molar-refractivity contribution in [1.29, 1.82) is 0 Å². The molecule has 4 rings (SSSR count). The van der Waals surface area contributed by atoms with Crippen LogP contribution >= 0.6 is 0 Å². The van der Waals surface area contributed by atoms with Gasteiger partial charge in [0.1, 0.15) is 0 Å². The van der Waals surface area contributed by atoms with Crippen LogP contribution in [-0.2, 0) is 6.54 Å². The van der Waals surface area contributed by atoms with Crippen LogP contribution in [0.25, 0.3) is 22.4 Å². The predicted molar refractivity (Wildman–Crippen MR) is 93.5 cm³/mol.